The summed E-state index contributed by atoms with van der Waals surface area (Å²) in [5.74, 6) is 0.778. The monoisotopic (exact) mass is 328 g/mol. The second-order valence-corrected chi connectivity index (χ2v) is 7.72. The lowest BCUT2D eigenvalue weighted by Gasteiger charge is -2.27. The van der Waals surface area contributed by atoms with Crippen LogP contribution in [0.5, 0.6) is 0 Å². The lowest BCUT2D eigenvalue weighted by atomic mass is 9.99. The molecule has 1 aromatic heterocycles. The molecule has 1 N–H and O–H groups in total. The molecule has 1 saturated carbocycles. The quantitative estimate of drug-likeness (QED) is 0.909. The molecule has 0 spiro atoms. The zero-order chi connectivity index (χ0) is 12.7. The van der Waals surface area contributed by atoms with Crippen LogP contribution in [0.4, 0.5) is 0 Å². The molecule has 0 amide bonds. The number of halogens is 1. The highest BCUT2D eigenvalue weighted by molar-refractivity contribution is 9.10. The minimum absolute atomic E-state index is 0.653. The van der Waals surface area contributed by atoms with Crippen molar-refractivity contribution >= 4 is 27.3 Å². The van der Waals surface area contributed by atoms with Crippen LogP contribution in [0.1, 0.15) is 35.1 Å². The summed E-state index contributed by atoms with van der Waals surface area (Å²) in [6.07, 6.45) is 4.17. The van der Waals surface area contributed by atoms with E-state index in [9.17, 15) is 0 Å². The predicted octanol–water partition coefficient (Wildman–Crippen LogP) is 3.56. The smallest absolute Gasteiger partial charge is 0.0485 e. The molecule has 100 valence electrons. The maximum Gasteiger partial charge on any atom is 0.0485 e. The van der Waals surface area contributed by atoms with E-state index in [4.69, 9.17) is 0 Å². The lowest BCUT2D eigenvalue weighted by molar-refractivity contribution is 0.220. The molecule has 2 unspecified atom stereocenters. The fourth-order valence-corrected chi connectivity index (χ4v) is 4.97. The van der Waals surface area contributed by atoms with E-state index in [-0.39, 0.29) is 0 Å². The predicted molar refractivity (Wildman–Crippen MR) is 81.3 cm³/mol. The second kappa shape index (κ2) is 5.23. The summed E-state index contributed by atoms with van der Waals surface area (Å²) >= 11 is 5.64. The third kappa shape index (κ3) is 2.40. The van der Waals surface area contributed by atoms with Crippen LogP contribution in [-0.4, -0.2) is 31.1 Å². The zero-order valence-electron chi connectivity index (χ0n) is 11.1. The van der Waals surface area contributed by atoms with Gasteiger partial charge in [-0.3, -0.25) is 4.90 Å². The van der Waals surface area contributed by atoms with Crippen molar-refractivity contribution in [2.45, 2.75) is 38.3 Å². The first kappa shape index (κ1) is 13.1. The third-order valence-electron chi connectivity index (χ3n) is 4.21. The van der Waals surface area contributed by atoms with Gasteiger partial charge in [-0.1, -0.05) is 0 Å². The Morgan fingerprint density at radius 2 is 2.22 bits per heavy atom. The minimum atomic E-state index is 0.653. The number of aryl methyl sites for hydroxylation is 1. The van der Waals surface area contributed by atoms with Crippen molar-refractivity contribution in [3.05, 3.63) is 20.3 Å². The Labute approximate surface area is 122 Å². The molecule has 0 aromatic carbocycles. The molecule has 1 aromatic rings. The van der Waals surface area contributed by atoms with Crippen molar-refractivity contribution in [2.75, 3.05) is 20.1 Å². The van der Waals surface area contributed by atoms with Gasteiger partial charge < -0.3 is 5.32 Å². The van der Waals surface area contributed by atoms with Crippen molar-refractivity contribution < 1.29 is 0 Å². The highest BCUT2D eigenvalue weighted by Crippen LogP contribution is 2.46. The topological polar surface area (TPSA) is 15.3 Å². The Balaban J connectivity index is 1.87. The summed E-state index contributed by atoms with van der Waals surface area (Å²) in [7, 11) is 2.08. The van der Waals surface area contributed by atoms with Crippen molar-refractivity contribution in [3.63, 3.8) is 0 Å². The lowest BCUT2D eigenvalue weighted by Crippen LogP contribution is -2.30. The van der Waals surface area contributed by atoms with Gasteiger partial charge in [0, 0.05) is 26.3 Å². The summed E-state index contributed by atoms with van der Waals surface area (Å²) in [6.45, 7) is 4.64. The SMILES string of the molecule is CNCC1CCN(C2CC2)C1c1cc(Br)c(C)s1. The van der Waals surface area contributed by atoms with Gasteiger partial charge in [0.15, 0.2) is 0 Å². The molecule has 4 heteroatoms. The zero-order valence-corrected chi connectivity index (χ0v) is 13.5. The number of hydrogen-bond donors (Lipinski definition) is 1. The molecule has 2 heterocycles. The molecule has 3 rings (SSSR count). The maximum atomic E-state index is 3.67. The fourth-order valence-electron chi connectivity index (χ4n) is 3.20. The van der Waals surface area contributed by atoms with Gasteiger partial charge in [0.2, 0.25) is 0 Å². The number of hydrogen-bond acceptors (Lipinski definition) is 3. The first-order chi connectivity index (χ1) is 8.70. The minimum Gasteiger partial charge on any atom is -0.319 e. The number of thiophene rings is 1. The molecule has 0 radical (unpaired) electrons. The van der Waals surface area contributed by atoms with Crippen molar-refractivity contribution in [2.24, 2.45) is 5.92 Å². The Kier molecular flexibility index (Phi) is 3.81. The van der Waals surface area contributed by atoms with Crippen LogP contribution in [0, 0.1) is 12.8 Å². The Bertz CT molecular complexity index is 408. The molecule has 1 aliphatic carbocycles. The highest BCUT2D eigenvalue weighted by atomic mass is 79.9. The fraction of sp³-hybridized carbons (Fsp3) is 0.714. The number of rotatable bonds is 4. The van der Waals surface area contributed by atoms with Gasteiger partial charge in [0.1, 0.15) is 0 Å². The van der Waals surface area contributed by atoms with Gasteiger partial charge >= 0.3 is 0 Å². The van der Waals surface area contributed by atoms with E-state index in [2.05, 4.69) is 46.2 Å². The molecule has 1 aliphatic heterocycles. The first-order valence-electron chi connectivity index (χ1n) is 6.87. The van der Waals surface area contributed by atoms with Gasteiger partial charge in [-0.15, -0.1) is 11.3 Å². The Morgan fingerprint density at radius 1 is 1.44 bits per heavy atom. The molecular weight excluding hydrogens is 308 g/mol. The van der Waals surface area contributed by atoms with Gasteiger partial charge in [-0.25, -0.2) is 0 Å². The number of nitrogens with zero attached hydrogens (tertiary/aromatic N) is 1. The highest BCUT2D eigenvalue weighted by Gasteiger charge is 2.42. The summed E-state index contributed by atoms with van der Waals surface area (Å²) in [5.41, 5.74) is 0. The van der Waals surface area contributed by atoms with Crippen LogP contribution >= 0.6 is 27.3 Å². The van der Waals surface area contributed by atoms with Crippen LogP contribution in [0.2, 0.25) is 0 Å². The average Bonchev–Trinajstić information content (AvgIpc) is 3.02. The van der Waals surface area contributed by atoms with Gasteiger partial charge in [0.05, 0.1) is 0 Å². The molecular formula is C14H21BrN2S. The van der Waals surface area contributed by atoms with Gasteiger partial charge in [0.25, 0.3) is 0 Å². The van der Waals surface area contributed by atoms with Crippen LogP contribution < -0.4 is 5.32 Å². The molecule has 2 fully saturated rings. The molecule has 1 saturated heterocycles. The molecule has 0 bridgehead atoms. The van der Waals surface area contributed by atoms with Gasteiger partial charge in [-0.2, -0.15) is 0 Å². The van der Waals surface area contributed by atoms with E-state index in [0.29, 0.717) is 6.04 Å². The summed E-state index contributed by atoms with van der Waals surface area (Å²) in [5, 5.41) is 3.38. The second-order valence-electron chi connectivity index (χ2n) is 5.57. The third-order valence-corrected chi connectivity index (χ3v) is 6.42. The standard InChI is InChI=1S/C14H21BrN2S/c1-9-12(15)7-13(18-9)14-10(8-16-2)5-6-17(14)11-3-4-11/h7,10-11,14,16H,3-6,8H2,1-2H3. The molecule has 2 nitrogen and oxygen atoms in total. The van der Waals surface area contributed by atoms with Crippen molar-refractivity contribution in [1.29, 1.82) is 0 Å². The maximum absolute atomic E-state index is 3.67. The van der Waals surface area contributed by atoms with Crippen LogP contribution in [0.3, 0.4) is 0 Å². The van der Waals surface area contributed by atoms with Crippen LogP contribution in [-0.2, 0) is 0 Å². The van der Waals surface area contributed by atoms with E-state index in [1.54, 1.807) is 4.88 Å². The Hall–Kier alpha value is 0.1000. The molecule has 2 atom stereocenters. The molecule has 2 aliphatic rings. The largest absolute Gasteiger partial charge is 0.319 e. The summed E-state index contributed by atoms with van der Waals surface area (Å²) in [6, 6.07) is 3.88. The molecule has 18 heavy (non-hydrogen) atoms. The van der Waals surface area contributed by atoms with E-state index in [0.717, 1.165) is 18.5 Å². The normalized spacial score (nSPS) is 29.1. The van der Waals surface area contributed by atoms with Gasteiger partial charge in [-0.05, 0) is 74.2 Å². The van der Waals surface area contributed by atoms with Crippen LogP contribution in [0.25, 0.3) is 0 Å². The summed E-state index contributed by atoms with van der Waals surface area (Å²) in [4.78, 5) is 5.74. The van der Waals surface area contributed by atoms with E-state index in [1.165, 1.54) is 35.2 Å². The number of nitrogens with one attached hydrogen (secondary N) is 1. The summed E-state index contributed by atoms with van der Waals surface area (Å²) < 4.78 is 1.29. The van der Waals surface area contributed by atoms with Crippen molar-refractivity contribution in [3.8, 4) is 0 Å². The van der Waals surface area contributed by atoms with Crippen molar-refractivity contribution in [1.82, 2.24) is 10.2 Å². The van der Waals surface area contributed by atoms with Crippen LogP contribution in [0.15, 0.2) is 10.5 Å². The van der Waals surface area contributed by atoms with E-state index < -0.39 is 0 Å². The number of likely N-dealkylation sites (tertiary alicyclic amines) is 1. The first-order valence-corrected chi connectivity index (χ1v) is 8.48. The average molecular weight is 329 g/mol. The van der Waals surface area contributed by atoms with E-state index >= 15 is 0 Å². The Morgan fingerprint density at radius 3 is 2.78 bits per heavy atom. The van der Waals surface area contributed by atoms with E-state index in [1.807, 2.05) is 11.3 Å².